The lowest BCUT2D eigenvalue weighted by Crippen LogP contribution is -2.33. The minimum Gasteiger partial charge on any atom is -0.371 e. The lowest BCUT2D eigenvalue weighted by Gasteiger charge is -2.28. The average molecular weight is 262 g/mol. The highest BCUT2D eigenvalue weighted by atomic mass is 16.1. The SMILES string of the molecule is CN(CCCN1CCCCC1)C1=CC(=O)C=CC1=O. The molecule has 0 aromatic rings. The maximum Gasteiger partial charge on any atom is 0.202 e. The normalized spacial score (nSPS) is 20.6. The lowest BCUT2D eigenvalue weighted by atomic mass is 10.1. The molecule has 0 aromatic heterocycles. The van der Waals surface area contributed by atoms with Crippen LogP contribution in [0, 0.1) is 0 Å². The van der Waals surface area contributed by atoms with Crippen molar-refractivity contribution in [3.63, 3.8) is 0 Å². The van der Waals surface area contributed by atoms with Crippen LogP contribution in [0.5, 0.6) is 0 Å². The average Bonchev–Trinajstić information content (AvgIpc) is 2.42. The number of rotatable bonds is 5. The standard InChI is InChI=1S/C15H22N2O2/c1-16(14-12-13(18)6-7-15(14)19)8-5-11-17-9-3-2-4-10-17/h6-7,12H,2-5,8-11H2,1H3. The number of piperidine rings is 1. The maximum absolute atomic E-state index is 11.7. The molecule has 0 aromatic carbocycles. The molecule has 4 heteroatoms. The predicted molar refractivity (Wildman–Crippen MR) is 74.8 cm³/mol. The number of hydrogen-bond acceptors (Lipinski definition) is 4. The Hall–Kier alpha value is -1.42. The highest BCUT2D eigenvalue weighted by molar-refractivity contribution is 6.16. The van der Waals surface area contributed by atoms with Gasteiger partial charge in [-0.15, -0.1) is 0 Å². The molecule has 1 fully saturated rings. The van der Waals surface area contributed by atoms with Crippen LogP contribution in [-0.4, -0.2) is 54.6 Å². The van der Waals surface area contributed by atoms with Crippen LogP contribution in [0.25, 0.3) is 0 Å². The molecule has 1 saturated heterocycles. The van der Waals surface area contributed by atoms with Crippen molar-refractivity contribution in [2.75, 3.05) is 33.2 Å². The van der Waals surface area contributed by atoms with Crippen LogP contribution in [0.4, 0.5) is 0 Å². The maximum atomic E-state index is 11.7. The summed E-state index contributed by atoms with van der Waals surface area (Å²) >= 11 is 0. The Kier molecular flexibility index (Phi) is 4.91. The summed E-state index contributed by atoms with van der Waals surface area (Å²) in [5.74, 6) is -0.169. The van der Waals surface area contributed by atoms with Gasteiger partial charge in [0.1, 0.15) is 0 Å². The van der Waals surface area contributed by atoms with Crippen LogP contribution < -0.4 is 0 Å². The summed E-state index contributed by atoms with van der Waals surface area (Å²) in [5.41, 5.74) is 0.520. The first-order valence-electron chi connectivity index (χ1n) is 7.08. The topological polar surface area (TPSA) is 40.6 Å². The Bertz CT molecular complexity index is 406. The molecule has 2 aliphatic rings. The van der Waals surface area contributed by atoms with Crippen LogP contribution in [-0.2, 0) is 9.59 Å². The smallest absolute Gasteiger partial charge is 0.202 e. The second kappa shape index (κ2) is 6.66. The predicted octanol–water partition coefficient (Wildman–Crippen LogP) is 1.39. The zero-order chi connectivity index (χ0) is 13.7. The van der Waals surface area contributed by atoms with Crippen molar-refractivity contribution in [1.82, 2.24) is 9.80 Å². The van der Waals surface area contributed by atoms with Gasteiger partial charge >= 0.3 is 0 Å². The fourth-order valence-electron chi connectivity index (χ4n) is 2.63. The van der Waals surface area contributed by atoms with Crippen LogP contribution in [0.3, 0.4) is 0 Å². The zero-order valence-electron chi connectivity index (χ0n) is 11.6. The minimum absolute atomic E-state index is 0.0694. The van der Waals surface area contributed by atoms with Crippen LogP contribution in [0.2, 0.25) is 0 Å². The van der Waals surface area contributed by atoms with E-state index in [1.54, 1.807) is 0 Å². The molecule has 104 valence electrons. The van der Waals surface area contributed by atoms with Gasteiger partial charge in [0.2, 0.25) is 5.78 Å². The van der Waals surface area contributed by atoms with Gasteiger partial charge in [0.15, 0.2) is 5.78 Å². The fourth-order valence-corrected chi connectivity index (χ4v) is 2.63. The monoisotopic (exact) mass is 262 g/mol. The number of carbonyl (C=O) groups is 2. The van der Waals surface area contributed by atoms with E-state index in [9.17, 15) is 9.59 Å². The molecule has 0 spiro atoms. The third-order valence-corrected chi connectivity index (χ3v) is 3.76. The van der Waals surface area contributed by atoms with Crippen LogP contribution in [0.1, 0.15) is 25.7 Å². The molecular weight excluding hydrogens is 240 g/mol. The highest BCUT2D eigenvalue weighted by Gasteiger charge is 2.17. The van der Waals surface area contributed by atoms with Gasteiger partial charge in [-0.3, -0.25) is 9.59 Å². The van der Waals surface area contributed by atoms with E-state index in [0.29, 0.717) is 5.70 Å². The van der Waals surface area contributed by atoms with E-state index >= 15 is 0 Å². The second-order valence-corrected chi connectivity index (χ2v) is 5.31. The van der Waals surface area contributed by atoms with Crippen LogP contribution >= 0.6 is 0 Å². The molecule has 1 aliphatic heterocycles. The molecule has 0 radical (unpaired) electrons. The molecule has 0 unspecified atom stereocenters. The summed E-state index contributed by atoms with van der Waals surface area (Å²) in [7, 11) is 1.88. The van der Waals surface area contributed by atoms with Gasteiger partial charge in [0.25, 0.3) is 0 Å². The quantitative estimate of drug-likeness (QED) is 0.702. The summed E-state index contributed by atoms with van der Waals surface area (Å²) in [4.78, 5) is 27.4. The third-order valence-electron chi connectivity index (χ3n) is 3.76. The molecule has 1 aliphatic carbocycles. The molecule has 1 heterocycles. The van der Waals surface area contributed by atoms with Crippen molar-refractivity contribution in [2.24, 2.45) is 0 Å². The van der Waals surface area contributed by atoms with Crippen molar-refractivity contribution in [3.8, 4) is 0 Å². The molecule has 0 atom stereocenters. The Morgan fingerprint density at radius 1 is 1.16 bits per heavy atom. The Balaban J connectivity index is 1.76. The molecule has 4 nitrogen and oxygen atoms in total. The van der Waals surface area contributed by atoms with Gasteiger partial charge in [-0.05, 0) is 51.0 Å². The minimum atomic E-state index is -0.0996. The first-order valence-corrected chi connectivity index (χ1v) is 7.08. The number of hydrogen-bond donors (Lipinski definition) is 0. The molecule has 0 saturated carbocycles. The van der Waals surface area contributed by atoms with Crippen LogP contribution in [0.15, 0.2) is 23.9 Å². The van der Waals surface area contributed by atoms with Crippen molar-refractivity contribution < 1.29 is 9.59 Å². The molecule has 2 rings (SSSR count). The molecule has 0 N–H and O–H groups in total. The van der Waals surface area contributed by atoms with Gasteiger partial charge in [-0.25, -0.2) is 0 Å². The molecular formula is C15H22N2O2. The van der Waals surface area contributed by atoms with E-state index in [0.717, 1.165) is 19.5 Å². The Morgan fingerprint density at radius 3 is 2.63 bits per heavy atom. The summed E-state index contributed by atoms with van der Waals surface area (Å²) in [6.45, 7) is 4.30. The zero-order valence-corrected chi connectivity index (χ0v) is 11.6. The van der Waals surface area contributed by atoms with E-state index < -0.39 is 0 Å². The second-order valence-electron chi connectivity index (χ2n) is 5.31. The van der Waals surface area contributed by atoms with Gasteiger partial charge in [0.05, 0.1) is 5.70 Å². The largest absolute Gasteiger partial charge is 0.371 e. The summed E-state index contributed by atoms with van der Waals surface area (Å²) in [5, 5.41) is 0. The summed E-state index contributed by atoms with van der Waals surface area (Å²) in [6.07, 6.45) is 9.11. The van der Waals surface area contributed by atoms with Crippen molar-refractivity contribution in [2.45, 2.75) is 25.7 Å². The van der Waals surface area contributed by atoms with Gasteiger partial charge in [-0.1, -0.05) is 6.42 Å². The number of likely N-dealkylation sites (tertiary alicyclic amines) is 1. The number of allylic oxidation sites excluding steroid dienone is 3. The number of ketones is 2. The van der Waals surface area contributed by atoms with E-state index in [1.165, 1.54) is 50.6 Å². The molecule has 19 heavy (non-hydrogen) atoms. The van der Waals surface area contributed by atoms with E-state index in [2.05, 4.69) is 4.90 Å². The van der Waals surface area contributed by atoms with E-state index in [-0.39, 0.29) is 11.6 Å². The third kappa shape index (κ3) is 4.03. The van der Waals surface area contributed by atoms with Crippen molar-refractivity contribution in [1.29, 1.82) is 0 Å². The van der Waals surface area contributed by atoms with Crippen molar-refractivity contribution in [3.05, 3.63) is 23.9 Å². The molecule has 0 amide bonds. The first kappa shape index (κ1) is 14.0. The number of nitrogens with zero attached hydrogens (tertiary/aromatic N) is 2. The van der Waals surface area contributed by atoms with Gasteiger partial charge in [0, 0.05) is 19.7 Å². The summed E-state index contributed by atoms with van der Waals surface area (Å²) in [6, 6.07) is 0. The number of carbonyl (C=O) groups excluding carboxylic acids is 2. The number of likely N-dealkylation sites (N-methyl/N-ethyl adjacent to an activating group) is 1. The Morgan fingerprint density at radius 2 is 1.89 bits per heavy atom. The summed E-state index contributed by atoms with van der Waals surface area (Å²) < 4.78 is 0. The van der Waals surface area contributed by atoms with Gasteiger partial charge < -0.3 is 9.80 Å². The molecule has 0 bridgehead atoms. The van der Waals surface area contributed by atoms with Crippen molar-refractivity contribution >= 4 is 11.6 Å². The first-order chi connectivity index (χ1) is 9.16. The van der Waals surface area contributed by atoms with E-state index in [1.807, 2.05) is 11.9 Å². The highest BCUT2D eigenvalue weighted by Crippen LogP contribution is 2.12. The van der Waals surface area contributed by atoms with E-state index in [4.69, 9.17) is 0 Å². The Labute approximate surface area is 114 Å². The fraction of sp³-hybridized carbons (Fsp3) is 0.600. The van der Waals surface area contributed by atoms with Gasteiger partial charge in [-0.2, -0.15) is 0 Å². The lowest BCUT2D eigenvalue weighted by molar-refractivity contribution is -0.115.